The van der Waals surface area contributed by atoms with Gasteiger partial charge < -0.3 is 4.57 Å². The van der Waals surface area contributed by atoms with Crippen LogP contribution in [0, 0.1) is 5.82 Å². The average molecular weight is 295 g/mol. The first-order valence-corrected chi connectivity index (χ1v) is 7.42. The third-order valence-electron chi connectivity index (χ3n) is 3.07. The average Bonchev–Trinajstić information content (AvgIpc) is 3.02. The van der Waals surface area contributed by atoms with E-state index in [4.69, 9.17) is 11.6 Å². The van der Waals surface area contributed by atoms with Crippen molar-refractivity contribution >= 4 is 34.0 Å². The molecule has 0 bridgehead atoms. The first-order valence-electron chi connectivity index (χ1n) is 6.01. The standard InChI is InChI=1S/C14H12ClFN2S/c15-9-14-17-12-8-10(16)3-4-13(12)18(14)6-5-11-2-1-7-19-11/h1-4,7-8H,5-6,9H2. The van der Waals surface area contributed by atoms with Crippen molar-refractivity contribution in [1.82, 2.24) is 9.55 Å². The zero-order valence-corrected chi connectivity index (χ0v) is 11.7. The highest BCUT2D eigenvalue weighted by molar-refractivity contribution is 7.09. The summed E-state index contributed by atoms with van der Waals surface area (Å²) in [5.41, 5.74) is 1.61. The van der Waals surface area contributed by atoms with Gasteiger partial charge in [0.25, 0.3) is 0 Å². The van der Waals surface area contributed by atoms with Crippen molar-refractivity contribution in [1.29, 1.82) is 0 Å². The molecule has 2 nitrogen and oxygen atoms in total. The van der Waals surface area contributed by atoms with E-state index < -0.39 is 0 Å². The number of nitrogens with zero attached hydrogens (tertiary/aromatic N) is 2. The van der Waals surface area contributed by atoms with E-state index in [-0.39, 0.29) is 5.82 Å². The van der Waals surface area contributed by atoms with Crippen molar-refractivity contribution in [3.8, 4) is 0 Å². The first-order chi connectivity index (χ1) is 9.28. The molecule has 0 aliphatic carbocycles. The zero-order valence-electron chi connectivity index (χ0n) is 10.1. The Kier molecular flexibility index (Phi) is 3.53. The van der Waals surface area contributed by atoms with E-state index in [0.29, 0.717) is 11.4 Å². The SMILES string of the molecule is Fc1ccc2c(c1)nc(CCl)n2CCc1cccs1. The summed E-state index contributed by atoms with van der Waals surface area (Å²) in [6.07, 6.45) is 0.935. The Morgan fingerprint density at radius 1 is 1.32 bits per heavy atom. The molecule has 5 heteroatoms. The van der Waals surface area contributed by atoms with E-state index in [2.05, 4.69) is 21.0 Å². The van der Waals surface area contributed by atoms with Gasteiger partial charge in [0, 0.05) is 17.5 Å². The molecule has 98 valence electrons. The number of alkyl halides is 1. The number of rotatable bonds is 4. The molecule has 0 fully saturated rings. The van der Waals surface area contributed by atoms with Crippen molar-refractivity contribution in [2.45, 2.75) is 18.8 Å². The second-order valence-corrected chi connectivity index (χ2v) is 5.58. The number of aromatic nitrogens is 2. The molecule has 0 saturated carbocycles. The van der Waals surface area contributed by atoms with Crippen LogP contribution in [0.2, 0.25) is 0 Å². The third-order valence-corrected chi connectivity index (χ3v) is 4.25. The number of benzene rings is 1. The molecule has 2 aromatic heterocycles. The Bertz CT molecular complexity index is 691. The fourth-order valence-electron chi connectivity index (χ4n) is 2.18. The van der Waals surface area contributed by atoms with E-state index in [0.717, 1.165) is 24.3 Å². The Labute approximate surface area is 119 Å². The van der Waals surface area contributed by atoms with Gasteiger partial charge in [-0.05, 0) is 30.0 Å². The zero-order chi connectivity index (χ0) is 13.2. The first kappa shape index (κ1) is 12.6. The molecule has 0 radical (unpaired) electrons. The van der Waals surface area contributed by atoms with Gasteiger partial charge in [0.05, 0.1) is 16.9 Å². The maximum atomic E-state index is 13.2. The lowest BCUT2D eigenvalue weighted by molar-refractivity contribution is 0.629. The summed E-state index contributed by atoms with van der Waals surface area (Å²) in [4.78, 5) is 5.71. The summed E-state index contributed by atoms with van der Waals surface area (Å²) in [5.74, 6) is 0.858. The minimum absolute atomic E-state index is 0.267. The number of fused-ring (bicyclic) bond motifs is 1. The smallest absolute Gasteiger partial charge is 0.125 e. The maximum absolute atomic E-state index is 13.2. The maximum Gasteiger partial charge on any atom is 0.125 e. The molecule has 0 spiro atoms. The summed E-state index contributed by atoms with van der Waals surface area (Å²) in [7, 11) is 0. The number of imidazole rings is 1. The molecule has 0 amide bonds. The molecule has 0 unspecified atom stereocenters. The van der Waals surface area contributed by atoms with Crippen molar-refractivity contribution in [2.24, 2.45) is 0 Å². The Morgan fingerprint density at radius 2 is 2.21 bits per heavy atom. The topological polar surface area (TPSA) is 17.8 Å². The fraction of sp³-hybridized carbons (Fsp3) is 0.214. The fourth-order valence-corrected chi connectivity index (χ4v) is 3.08. The van der Waals surface area contributed by atoms with Gasteiger partial charge in [-0.3, -0.25) is 0 Å². The Hall–Kier alpha value is -1.39. The second-order valence-electron chi connectivity index (χ2n) is 4.28. The monoisotopic (exact) mass is 294 g/mol. The Balaban J connectivity index is 1.96. The Morgan fingerprint density at radius 3 is 2.95 bits per heavy atom. The number of hydrogen-bond acceptors (Lipinski definition) is 2. The third kappa shape index (κ3) is 2.51. The van der Waals surface area contributed by atoms with E-state index in [9.17, 15) is 4.39 Å². The molecular weight excluding hydrogens is 283 g/mol. The van der Waals surface area contributed by atoms with Gasteiger partial charge in [-0.15, -0.1) is 22.9 Å². The van der Waals surface area contributed by atoms with Crippen LogP contribution < -0.4 is 0 Å². The van der Waals surface area contributed by atoms with Gasteiger partial charge in [0.2, 0.25) is 0 Å². The van der Waals surface area contributed by atoms with Gasteiger partial charge in [-0.1, -0.05) is 6.07 Å². The molecule has 0 saturated heterocycles. The predicted molar refractivity (Wildman–Crippen MR) is 77.3 cm³/mol. The molecule has 2 heterocycles. The van der Waals surface area contributed by atoms with E-state index in [1.165, 1.54) is 17.0 Å². The van der Waals surface area contributed by atoms with Gasteiger partial charge in [0.15, 0.2) is 0 Å². The summed E-state index contributed by atoms with van der Waals surface area (Å²) >= 11 is 7.67. The van der Waals surface area contributed by atoms with Crippen molar-refractivity contribution in [3.05, 3.63) is 52.2 Å². The van der Waals surface area contributed by atoms with Crippen LogP contribution in [0.15, 0.2) is 35.7 Å². The summed E-state index contributed by atoms with van der Waals surface area (Å²) < 4.78 is 15.3. The van der Waals surface area contributed by atoms with Crippen LogP contribution in [0.5, 0.6) is 0 Å². The van der Waals surface area contributed by atoms with Crippen molar-refractivity contribution in [2.75, 3.05) is 0 Å². The molecule has 3 rings (SSSR count). The van der Waals surface area contributed by atoms with E-state index in [1.807, 2.05) is 6.07 Å². The van der Waals surface area contributed by atoms with E-state index >= 15 is 0 Å². The molecule has 3 aromatic rings. The summed E-state index contributed by atoms with van der Waals surface area (Å²) in [5, 5.41) is 2.07. The minimum atomic E-state index is -0.267. The van der Waals surface area contributed by atoms with Crippen LogP contribution in [0.25, 0.3) is 11.0 Å². The number of aryl methyl sites for hydroxylation is 2. The van der Waals surface area contributed by atoms with Gasteiger partial charge in [0.1, 0.15) is 11.6 Å². The predicted octanol–water partition coefficient (Wildman–Crippen LogP) is 4.22. The highest BCUT2D eigenvalue weighted by atomic mass is 35.5. The quantitative estimate of drug-likeness (QED) is 0.659. The van der Waals surface area contributed by atoms with Crippen molar-refractivity contribution in [3.63, 3.8) is 0 Å². The van der Waals surface area contributed by atoms with Crippen LogP contribution in [0.3, 0.4) is 0 Å². The largest absolute Gasteiger partial charge is 0.327 e. The molecule has 1 aromatic carbocycles. The van der Waals surface area contributed by atoms with Gasteiger partial charge >= 0.3 is 0 Å². The van der Waals surface area contributed by atoms with Crippen LogP contribution in [-0.2, 0) is 18.8 Å². The lowest BCUT2D eigenvalue weighted by atomic mass is 10.3. The summed E-state index contributed by atoms with van der Waals surface area (Å²) in [6, 6.07) is 8.84. The molecule has 0 atom stereocenters. The number of thiophene rings is 1. The number of hydrogen-bond donors (Lipinski definition) is 0. The van der Waals surface area contributed by atoms with Gasteiger partial charge in [-0.2, -0.15) is 0 Å². The lowest BCUT2D eigenvalue weighted by Gasteiger charge is -2.06. The lowest BCUT2D eigenvalue weighted by Crippen LogP contribution is -2.04. The van der Waals surface area contributed by atoms with Gasteiger partial charge in [-0.25, -0.2) is 9.37 Å². The van der Waals surface area contributed by atoms with Crippen LogP contribution in [0.1, 0.15) is 10.7 Å². The van der Waals surface area contributed by atoms with Crippen LogP contribution in [-0.4, -0.2) is 9.55 Å². The minimum Gasteiger partial charge on any atom is -0.327 e. The van der Waals surface area contributed by atoms with Crippen molar-refractivity contribution < 1.29 is 4.39 Å². The highest BCUT2D eigenvalue weighted by Crippen LogP contribution is 2.20. The summed E-state index contributed by atoms with van der Waals surface area (Å²) in [6.45, 7) is 0.810. The molecule has 0 aliphatic heterocycles. The highest BCUT2D eigenvalue weighted by Gasteiger charge is 2.10. The molecule has 0 N–H and O–H groups in total. The number of halogens is 2. The normalized spacial score (nSPS) is 11.3. The van der Waals surface area contributed by atoms with E-state index in [1.54, 1.807) is 17.4 Å². The molecule has 0 aliphatic rings. The molecular formula is C14H12ClFN2S. The van der Waals surface area contributed by atoms with Crippen LogP contribution in [0.4, 0.5) is 4.39 Å². The second kappa shape index (κ2) is 5.31. The molecule has 19 heavy (non-hydrogen) atoms. The van der Waals surface area contributed by atoms with Crippen LogP contribution >= 0.6 is 22.9 Å².